The fraction of sp³-hybridized carbons (Fsp3) is 0.577. The van der Waals surface area contributed by atoms with Gasteiger partial charge in [0.05, 0.1) is 38.6 Å². The highest BCUT2D eigenvalue weighted by molar-refractivity contribution is 5.89. The van der Waals surface area contributed by atoms with Crippen LogP contribution in [-0.4, -0.2) is 42.6 Å². The Kier molecular flexibility index (Phi) is 6.93. The standard InChI is InChI=1S/C26H36N2O2/c1-2-28(18-21-9-6-4-3-5-7-10-21)15-13-24(14-16-28)27-26(29)17-22-11-8-12-23-19-30-20-25(22)23/h8-9,11-12,19-20,24H,2-7,10,13-18H2,1H3/p+1/b21-9+. The van der Waals surface area contributed by atoms with Gasteiger partial charge in [-0.05, 0) is 43.7 Å². The molecule has 0 atom stereocenters. The third-order valence-corrected chi connectivity index (χ3v) is 7.33. The molecule has 1 fully saturated rings. The van der Waals surface area contributed by atoms with Gasteiger partial charge < -0.3 is 14.2 Å². The zero-order chi connectivity index (χ0) is 20.8. The molecule has 1 N–H and O–H groups in total. The highest BCUT2D eigenvalue weighted by Crippen LogP contribution is 2.26. The van der Waals surface area contributed by atoms with Crippen LogP contribution >= 0.6 is 0 Å². The van der Waals surface area contributed by atoms with Crippen molar-refractivity contribution in [2.24, 2.45) is 0 Å². The molecule has 1 aliphatic heterocycles. The third-order valence-electron chi connectivity index (χ3n) is 7.33. The Hall–Kier alpha value is -2.07. The first-order valence-electron chi connectivity index (χ1n) is 11.9. The summed E-state index contributed by atoms with van der Waals surface area (Å²) in [4.78, 5) is 12.7. The van der Waals surface area contributed by atoms with E-state index in [4.69, 9.17) is 4.42 Å². The van der Waals surface area contributed by atoms with Crippen LogP contribution in [0.25, 0.3) is 10.8 Å². The molecule has 0 radical (unpaired) electrons. The molecule has 1 amide bonds. The van der Waals surface area contributed by atoms with E-state index in [1.165, 1.54) is 69.2 Å². The smallest absolute Gasteiger partial charge is 0.224 e. The monoisotopic (exact) mass is 409 g/mol. The number of piperidine rings is 1. The van der Waals surface area contributed by atoms with E-state index < -0.39 is 0 Å². The minimum atomic E-state index is 0.132. The quantitative estimate of drug-likeness (QED) is 0.515. The fourth-order valence-electron chi connectivity index (χ4n) is 5.34. The van der Waals surface area contributed by atoms with Crippen molar-refractivity contribution in [2.45, 2.75) is 70.8 Å². The first-order valence-corrected chi connectivity index (χ1v) is 11.9. The Labute approximate surface area is 180 Å². The van der Waals surface area contributed by atoms with Gasteiger partial charge in [0.25, 0.3) is 0 Å². The lowest BCUT2D eigenvalue weighted by molar-refractivity contribution is -0.927. The minimum absolute atomic E-state index is 0.132. The predicted molar refractivity (Wildman–Crippen MR) is 122 cm³/mol. The second-order valence-electron chi connectivity index (χ2n) is 9.39. The predicted octanol–water partition coefficient (Wildman–Crippen LogP) is 5.37. The van der Waals surface area contributed by atoms with Crippen LogP contribution in [0.1, 0.15) is 63.9 Å². The molecule has 4 heteroatoms. The van der Waals surface area contributed by atoms with E-state index in [-0.39, 0.29) is 5.91 Å². The van der Waals surface area contributed by atoms with Gasteiger partial charge in [-0.15, -0.1) is 0 Å². The van der Waals surface area contributed by atoms with E-state index in [1.54, 1.807) is 18.1 Å². The number of nitrogens with zero attached hydrogens (tertiary/aromatic N) is 1. The number of likely N-dealkylation sites (tertiary alicyclic amines) is 1. The number of nitrogens with one attached hydrogen (secondary N) is 1. The molecule has 0 bridgehead atoms. The SMILES string of the molecule is CC[N+]1(C/C2=C/CCCCCC2)CCC(NC(=O)Cc2cccc3cocc23)CC1. The summed E-state index contributed by atoms with van der Waals surface area (Å²) < 4.78 is 6.51. The molecule has 1 aromatic carbocycles. The third kappa shape index (κ3) is 5.15. The van der Waals surface area contributed by atoms with Crippen LogP contribution in [0, 0.1) is 0 Å². The second-order valence-corrected chi connectivity index (χ2v) is 9.39. The molecule has 0 saturated carbocycles. The Morgan fingerprint density at radius 3 is 2.80 bits per heavy atom. The number of furan rings is 1. The van der Waals surface area contributed by atoms with E-state index in [9.17, 15) is 4.79 Å². The van der Waals surface area contributed by atoms with Crippen molar-refractivity contribution in [3.63, 3.8) is 0 Å². The van der Waals surface area contributed by atoms with E-state index in [0.717, 1.165) is 29.2 Å². The lowest BCUT2D eigenvalue weighted by Gasteiger charge is -2.44. The molecule has 2 heterocycles. The van der Waals surface area contributed by atoms with Gasteiger partial charge >= 0.3 is 0 Å². The van der Waals surface area contributed by atoms with Crippen LogP contribution < -0.4 is 5.32 Å². The molecule has 2 aliphatic rings. The van der Waals surface area contributed by atoms with E-state index in [0.29, 0.717) is 12.5 Å². The van der Waals surface area contributed by atoms with Gasteiger partial charge in [-0.2, -0.15) is 0 Å². The van der Waals surface area contributed by atoms with E-state index in [2.05, 4.69) is 18.3 Å². The average molecular weight is 410 g/mol. The van der Waals surface area contributed by atoms with Gasteiger partial charge in [0.1, 0.15) is 6.54 Å². The van der Waals surface area contributed by atoms with Crippen LogP contribution in [0.2, 0.25) is 0 Å². The van der Waals surface area contributed by atoms with Crippen molar-refractivity contribution in [3.8, 4) is 0 Å². The maximum atomic E-state index is 12.7. The van der Waals surface area contributed by atoms with E-state index in [1.807, 2.05) is 18.2 Å². The van der Waals surface area contributed by atoms with Crippen LogP contribution in [0.4, 0.5) is 0 Å². The summed E-state index contributed by atoms with van der Waals surface area (Å²) in [7, 11) is 0. The van der Waals surface area contributed by atoms with Gasteiger partial charge in [0, 0.05) is 29.7 Å². The number of carbonyl (C=O) groups is 1. The normalized spacial score (nSPS) is 27.1. The Morgan fingerprint density at radius 1 is 1.13 bits per heavy atom. The molecule has 162 valence electrons. The molecule has 2 aromatic rings. The van der Waals surface area contributed by atoms with Crippen molar-refractivity contribution in [1.29, 1.82) is 0 Å². The van der Waals surface area contributed by atoms with Crippen LogP contribution in [0.3, 0.4) is 0 Å². The molecule has 30 heavy (non-hydrogen) atoms. The molecule has 0 spiro atoms. The van der Waals surface area contributed by atoms with Crippen LogP contribution in [-0.2, 0) is 11.2 Å². The number of hydrogen-bond donors (Lipinski definition) is 1. The Bertz CT molecular complexity index is 874. The number of allylic oxidation sites excluding steroid dienone is 1. The summed E-state index contributed by atoms with van der Waals surface area (Å²) in [5, 5.41) is 5.42. The second kappa shape index (κ2) is 9.82. The zero-order valence-electron chi connectivity index (χ0n) is 18.5. The fourth-order valence-corrected chi connectivity index (χ4v) is 5.34. The van der Waals surface area contributed by atoms with Gasteiger partial charge in [-0.3, -0.25) is 4.79 Å². The zero-order valence-corrected chi connectivity index (χ0v) is 18.5. The molecular formula is C26H37N2O2+. The Morgan fingerprint density at radius 2 is 1.97 bits per heavy atom. The molecule has 0 unspecified atom stereocenters. The summed E-state index contributed by atoms with van der Waals surface area (Å²) >= 11 is 0. The first kappa shape index (κ1) is 21.2. The van der Waals surface area contributed by atoms with Gasteiger partial charge in [0.15, 0.2) is 0 Å². The molecule has 1 aliphatic carbocycles. The number of likely N-dealkylation sites (N-methyl/N-ethyl adjacent to an activating group) is 1. The van der Waals surface area contributed by atoms with E-state index >= 15 is 0 Å². The summed E-state index contributed by atoms with van der Waals surface area (Å²) in [5.74, 6) is 0.132. The van der Waals surface area contributed by atoms with Crippen molar-refractivity contribution >= 4 is 16.7 Å². The van der Waals surface area contributed by atoms with Crippen LogP contribution in [0.5, 0.6) is 0 Å². The van der Waals surface area contributed by atoms with Gasteiger partial charge in [0.2, 0.25) is 5.91 Å². The van der Waals surface area contributed by atoms with Crippen molar-refractivity contribution in [1.82, 2.24) is 5.32 Å². The Balaban J connectivity index is 1.30. The largest absolute Gasteiger partial charge is 0.471 e. The number of quaternary nitrogens is 1. The first-order chi connectivity index (χ1) is 14.7. The van der Waals surface area contributed by atoms with Crippen molar-refractivity contribution in [3.05, 3.63) is 47.9 Å². The lowest BCUT2D eigenvalue weighted by Crippen LogP contribution is -2.57. The molecular weight excluding hydrogens is 372 g/mol. The number of benzene rings is 1. The summed E-state index contributed by atoms with van der Waals surface area (Å²) in [6.45, 7) is 7.11. The van der Waals surface area contributed by atoms with Crippen molar-refractivity contribution in [2.75, 3.05) is 26.2 Å². The molecule has 4 rings (SSSR count). The average Bonchev–Trinajstić information content (AvgIpc) is 3.21. The van der Waals surface area contributed by atoms with Crippen LogP contribution in [0.15, 0.2) is 46.8 Å². The number of carbonyl (C=O) groups excluding carboxylic acids is 1. The maximum absolute atomic E-state index is 12.7. The minimum Gasteiger partial charge on any atom is -0.471 e. The summed E-state index contributed by atoms with van der Waals surface area (Å²) in [6, 6.07) is 6.36. The molecule has 1 saturated heterocycles. The summed E-state index contributed by atoms with van der Waals surface area (Å²) in [5.41, 5.74) is 2.73. The molecule has 4 nitrogen and oxygen atoms in total. The summed E-state index contributed by atoms with van der Waals surface area (Å²) in [6.07, 6.45) is 16.7. The van der Waals surface area contributed by atoms with Gasteiger partial charge in [-0.1, -0.05) is 37.1 Å². The van der Waals surface area contributed by atoms with Gasteiger partial charge in [-0.25, -0.2) is 0 Å². The maximum Gasteiger partial charge on any atom is 0.224 e. The number of amides is 1. The number of hydrogen-bond acceptors (Lipinski definition) is 2. The highest BCUT2D eigenvalue weighted by Gasteiger charge is 2.33. The highest BCUT2D eigenvalue weighted by atomic mass is 16.3. The van der Waals surface area contributed by atoms with Crippen molar-refractivity contribution < 1.29 is 13.7 Å². The number of fused-ring (bicyclic) bond motifs is 1. The topological polar surface area (TPSA) is 42.2 Å². The number of rotatable bonds is 6. The lowest BCUT2D eigenvalue weighted by atomic mass is 9.96. The molecule has 1 aromatic heterocycles.